The summed E-state index contributed by atoms with van der Waals surface area (Å²) in [4.78, 5) is 12.6. The van der Waals surface area contributed by atoms with Gasteiger partial charge >= 0.3 is 0 Å². The average molecular weight is 432 g/mol. The molecule has 0 unspecified atom stereocenters. The molecule has 5 fully saturated rings. The summed E-state index contributed by atoms with van der Waals surface area (Å²) >= 11 is 4.06. The van der Waals surface area contributed by atoms with Crippen molar-refractivity contribution in [2.24, 2.45) is 23.2 Å². The lowest BCUT2D eigenvalue weighted by molar-refractivity contribution is -0.127. The SMILES string of the molecule is C[C@@H](NC(=O)COc1ccc(C2SCCCS2)cc1)C12CC3CC(CC(C3)C1)C2. The van der Waals surface area contributed by atoms with Crippen LogP contribution >= 0.6 is 23.5 Å². The molecule has 4 saturated carbocycles. The Morgan fingerprint density at radius 3 is 2.24 bits per heavy atom. The van der Waals surface area contributed by atoms with Gasteiger partial charge in [0.15, 0.2) is 6.61 Å². The van der Waals surface area contributed by atoms with Gasteiger partial charge in [-0.05, 0) is 104 Å². The average Bonchev–Trinajstić information content (AvgIpc) is 2.72. The smallest absolute Gasteiger partial charge is 0.258 e. The van der Waals surface area contributed by atoms with Crippen molar-refractivity contribution in [3.8, 4) is 5.75 Å². The summed E-state index contributed by atoms with van der Waals surface area (Å²) in [5.41, 5.74) is 1.70. The number of rotatable bonds is 6. The molecule has 6 rings (SSSR count). The molecule has 0 radical (unpaired) electrons. The third kappa shape index (κ3) is 4.32. The number of thioether (sulfide) groups is 2. The van der Waals surface area contributed by atoms with Gasteiger partial charge in [0.25, 0.3) is 5.91 Å². The molecule has 0 aromatic heterocycles. The fraction of sp³-hybridized carbons (Fsp3) is 0.708. The van der Waals surface area contributed by atoms with Crippen molar-refractivity contribution < 1.29 is 9.53 Å². The predicted octanol–water partition coefficient (Wildman–Crippen LogP) is 5.66. The minimum atomic E-state index is 0.0238. The zero-order valence-corrected chi connectivity index (χ0v) is 19.0. The van der Waals surface area contributed by atoms with Crippen LogP contribution in [-0.4, -0.2) is 30.1 Å². The third-order valence-corrected chi connectivity index (χ3v) is 10.7. The molecule has 1 aromatic carbocycles. The summed E-state index contributed by atoms with van der Waals surface area (Å²) in [7, 11) is 0. The van der Waals surface area contributed by atoms with Gasteiger partial charge in [0.2, 0.25) is 0 Å². The maximum atomic E-state index is 12.6. The molecule has 29 heavy (non-hydrogen) atoms. The number of benzene rings is 1. The molecule has 0 spiro atoms. The van der Waals surface area contributed by atoms with Crippen LogP contribution in [0.4, 0.5) is 0 Å². The zero-order valence-electron chi connectivity index (χ0n) is 17.4. The molecule has 1 aliphatic heterocycles. The number of ether oxygens (including phenoxy) is 1. The second kappa shape index (κ2) is 8.37. The van der Waals surface area contributed by atoms with E-state index in [1.165, 1.54) is 62.0 Å². The van der Waals surface area contributed by atoms with Crippen LogP contribution in [0.3, 0.4) is 0 Å². The molecular weight excluding hydrogens is 398 g/mol. The van der Waals surface area contributed by atoms with Crippen LogP contribution in [0.15, 0.2) is 24.3 Å². The number of hydrogen-bond donors (Lipinski definition) is 1. The van der Waals surface area contributed by atoms with Crippen LogP contribution in [0.2, 0.25) is 0 Å². The first-order valence-corrected chi connectivity index (χ1v) is 13.4. The zero-order chi connectivity index (χ0) is 19.8. The van der Waals surface area contributed by atoms with Crippen molar-refractivity contribution in [2.75, 3.05) is 18.1 Å². The van der Waals surface area contributed by atoms with E-state index < -0.39 is 0 Å². The van der Waals surface area contributed by atoms with Crippen molar-refractivity contribution in [1.29, 1.82) is 0 Å². The summed E-state index contributed by atoms with van der Waals surface area (Å²) in [6.07, 6.45) is 9.59. The Morgan fingerprint density at radius 1 is 1.07 bits per heavy atom. The molecule has 1 amide bonds. The fourth-order valence-electron chi connectivity index (χ4n) is 6.69. The second-order valence-corrected chi connectivity index (χ2v) is 12.6. The van der Waals surface area contributed by atoms with Crippen LogP contribution < -0.4 is 10.1 Å². The van der Waals surface area contributed by atoms with E-state index in [4.69, 9.17) is 4.74 Å². The molecule has 158 valence electrons. The van der Waals surface area contributed by atoms with Gasteiger partial charge in [-0.3, -0.25) is 4.79 Å². The molecule has 3 nitrogen and oxygen atoms in total. The summed E-state index contributed by atoms with van der Waals surface area (Å²) in [6.45, 7) is 2.35. The first kappa shape index (κ1) is 20.1. The first-order chi connectivity index (χ1) is 14.1. The van der Waals surface area contributed by atoms with Crippen molar-refractivity contribution in [2.45, 2.75) is 62.5 Å². The highest BCUT2D eigenvalue weighted by molar-refractivity contribution is 8.16. The molecule has 4 aliphatic carbocycles. The lowest BCUT2D eigenvalue weighted by Gasteiger charge is -2.59. The van der Waals surface area contributed by atoms with Crippen LogP contribution in [0.5, 0.6) is 5.75 Å². The predicted molar refractivity (Wildman–Crippen MR) is 122 cm³/mol. The molecule has 1 saturated heterocycles. The highest BCUT2D eigenvalue weighted by Gasteiger charge is 2.53. The van der Waals surface area contributed by atoms with Gasteiger partial charge in [-0.1, -0.05) is 12.1 Å². The molecule has 1 N–H and O–H groups in total. The summed E-state index contributed by atoms with van der Waals surface area (Å²) < 4.78 is 6.35. The third-order valence-electron chi connectivity index (χ3n) is 7.73. The Hall–Kier alpha value is -0.810. The normalized spacial score (nSPS) is 34.7. The van der Waals surface area contributed by atoms with Crippen molar-refractivity contribution in [3.05, 3.63) is 29.8 Å². The molecule has 1 atom stereocenters. The molecule has 4 bridgehead atoms. The van der Waals surface area contributed by atoms with Crippen molar-refractivity contribution >= 4 is 29.4 Å². The molecule has 5 aliphatic rings. The molecular formula is C24H33NO2S2. The van der Waals surface area contributed by atoms with E-state index in [1.54, 1.807) is 0 Å². The summed E-state index contributed by atoms with van der Waals surface area (Å²) in [6, 6.07) is 8.60. The topological polar surface area (TPSA) is 38.3 Å². The van der Waals surface area contributed by atoms with Gasteiger partial charge in [0.1, 0.15) is 5.75 Å². The summed E-state index contributed by atoms with van der Waals surface area (Å²) in [5.74, 6) is 6.05. The molecule has 5 heteroatoms. The van der Waals surface area contributed by atoms with Gasteiger partial charge in [-0.15, -0.1) is 23.5 Å². The standard InChI is InChI=1S/C24H33NO2S2/c1-16(24-12-17-9-18(13-24)11-19(10-17)14-24)25-22(26)15-27-21-5-3-20(4-6-21)23-28-7-2-8-29-23/h3-6,16-19,23H,2,7-15H2,1H3,(H,25,26)/t16-,17?,18?,19?,24?/m1/s1. The molecule has 1 heterocycles. The highest BCUT2D eigenvalue weighted by Crippen LogP contribution is 2.61. The second-order valence-electron chi connectivity index (χ2n) is 9.85. The van der Waals surface area contributed by atoms with Crippen LogP contribution in [0.25, 0.3) is 0 Å². The van der Waals surface area contributed by atoms with E-state index in [-0.39, 0.29) is 18.6 Å². The van der Waals surface area contributed by atoms with E-state index in [0.717, 1.165) is 23.5 Å². The highest BCUT2D eigenvalue weighted by atomic mass is 32.2. The van der Waals surface area contributed by atoms with E-state index in [1.807, 2.05) is 35.7 Å². The number of amides is 1. The van der Waals surface area contributed by atoms with E-state index in [0.29, 0.717) is 10.00 Å². The first-order valence-electron chi connectivity index (χ1n) is 11.3. The van der Waals surface area contributed by atoms with Gasteiger partial charge in [0.05, 0.1) is 4.58 Å². The number of carbonyl (C=O) groups is 1. The number of hydrogen-bond acceptors (Lipinski definition) is 4. The maximum absolute atomic E-state index is 12.6. The Kier molecular flexibility index (Phi) is 5.81. The monoisotopic (exact) mass is 431 g/mol. The van der Waals surface area contributed by atoms with Crippen molar-refractivity contribution in [3.63, 3.8) is 0 Å². The van der Waals surface area contributed by atoms with Crippen LogP contribution in [0, 0.1) is 23.2 Å². The minimum Gasteiger partial charge on any atom is -0.484 e. The minimum absolute atomic E-state index is 0.0238. The van der Waals surface area contributed by atoms with E-state index in [9.17, 15) is 4.79 Å². The van der Waals surface area contributed by atoms with Gasteiger partial charge in [0, 0.05) is 6.04 Å². The lowest BCUT2D eigenvalue weighted by Crippen LogP contribution is -2.56. The Morgan fingerprint density at radius 2 is 1.66 bits per heavy atom. The maximum Gasteiger partial charge on any atom is 0.258 e. The fourth-order valence-corrected chi connectivity index (χ4v) is 9.59. The molecule has 1 aromatic rings. The number of carbonyl (C=O) groups excluding carboxylic acids is 1. The Balaban J connectivity index is 1.12. The van der Waals surface area contributed by atoms with E-state index >= 15 is 0 Å². The Bertz CT molecular complexity index is 694. The quantitative estimate of drug-likeness (QED) is 0.631. The van der Waals surface area contributed by atoms with Gasteiger partial charge in [-0.25, -0.2) is 0 Å². The van der Waals surface area contributed by atoms with Crippen LogP contribution in [-0.2, 0) is 4.79 Å². The summed E-state index contributed by atoms with van der Waals surface area (Å²) in [5, 5.41) is 3.30. The van der Waals surface area contributed by atoms with Gasteiger partial charge in [-0.2, -0.15) is 0 Å². The van der Waals surface area contributed by atoms with Gasteiger partial charge < -0.3 is 10.1 Å². The van der Waals surface area contributed by atoms with Crippen LogP contribution in [0.1, 0.15) is 62.0 Å². The number of nitrogens with one attached hydrogen (secondary N) is 1. The van der Waals surface area contributed by atoms with E-state index in [2.05, 4.69) is 24.4 Å². The largest absolute Gasteiger partial charge is 0.484 e. The van der Waals surface area contributed by atoms with Crippen molar-refractivity contribution in [1.82, 2.24) is 5.32 Å². The lowest BCUT2D eigenvalue weighted by atomic mass is 9.48. The Labute approximate surface area is 183 Å².